The van der Waals surface area contributed by atoms with Gasteiger partial charge in [-0.25, -0.2) is 0 Å². The molecule has 1 aromatic carbocycles. The topological polar surface area (TPSA) is 12.5 Å². The van der Waals surface area contributed by atoms with E-state index >= 15 is 0 Å². The van der Waals surface area contributed by atoms with Gasteiger partial charge in [0, 0.05) is 20.1 Å². The summed E-state index contributed by atoms with van der Waals surface area (Å²) in [6, 6.07) is 10.1. The second-order valence-corrected chi connectivity index (χ2v) is 5.19. The van der Waals surface area contributed by atoms with E-state index in [9.17, 15) is 0 Å². The lowest BCUT2D eigenvalue weighted by molar-refractivity contribution is 0.0200. The molecule has 1 saturated heterocycles. The molecule has 0 unspecified atom stereocenters. The van der Waals surface area contributed by atoms with Crippen molar-refractivity contribution in [1.29, 1.82) is 0 Å². The molecule has 1 aromatic rings. The van der Waals surface area contributed by atoms with Crippen molar-refractivity contribution in [3.8, 4) is 12.3 Å². The lowest BCUT2D eigenvalue weighted by atomic mass is 9.90. The molecule has 0 radical (unpaired) electrons. The Balaban J connectivity index is 0.00000200. The summed E-state index contributed by atoms with van der Waals surface area (Å²) >= 11 is 0. The summed E-state index contributed by atoms with van der Waals surface area (Å²) in [5, 5.41) is 0. The monoisotopic (exact) mass is 293 g/mol. The molecule has 0 saturated carbocycles. The van der Waals surface area contributed by atoms with Gasteiger partial charge in [0.05, 0.1) is 0 Å². The van der Waals surface area contributed by atoms with Crippen molar-refractivity contribution in [3.63, 3.8) is 0 Å². The van der Waals surface area contributed by atoms with Crippen molar-refractivity contribution >= 4 is 12.4 Å². The van der Waals surface area contributed by atoms with Crippen molar-refractivity contribution < 1.29 is 4.74 Å². The van der Waals surface area contributed by atoms with E-state index in [2.05, 4.69) is 23.0 Å². The minimum atomic E-state index is -0.585. The molecular formula is C17H24ClNO. The van der Waals surface area contributed by atoms with Crippen LogP contribution in [0.4, 0.5) is 0 Å². The van der Waals surface area contributed by atoms with Crippen LogP contribution in [0.25, 0.3) is 0 Å². The number of likely N-dealkylation sites (tertiary alicyclic amines) is 1. The van der Waals surface area contributed by atoms with Crippen LogP contribution < -0.4 is 0 Å². The van der Waals surface area contributed by atoms with E-state index in [0.29, 0.717) is 0 Å². The first-order chi connectivity index (χ1) is 9.30. The predicted molar refractivity (Wildman–Crippen MR) is 86.1 cm³/mol. The summed E-state index contributed by atoms with van der Waals surface area (Å²) in [5.41, 5.74) is 0.496. The standard InChI is InChI=1S/C17H23NO.ClH/c1-3-17(19-2,16-10-6-4-7-11-16)12-15-18-13-8-5-9-14-18;/h1,4,6-7,10-11H,5,8-9,12-15H2,2H3;1H/t17-;/m0./s1. The van der Waals surface area contributed by atoms with Crippen LogP contribution in [0.2, 0.25) is 0 Å². The number of hydrogen-bond acceptors (Lipinski definition) is 2. The Morgan fingerprint density at radius 2 is 1.85 bits per heavy atom. The molecule has 1 fully saturated rings. The highest BCUT2D eigenvalue weighted by Crippen LogP contribution is 2.28. The maximum Gasteiger partial charge on any atom is 0.154 e. The van der Waals surface area contributed by atoms with Crippen molar-refractivity contribution in [1.82, 2.24) is 4.90 Å². The molecule has 0 aromatic heterocycles. The number of halogens is 1. The van der Waals surface area contributed by atoms with Crippen molar-refractivity contribution in [2.75, 3.05) is 26.7 Å². The first-order valence-corrected chi connectivity index (χ1v) is 7.11. The van der Waals surface area contributed by atoms with Crippen molar-refractivity contribution in [3.05, 3.63) is 35.9 Å². The normalized spacial score (nSPS) is 18.6. The molecule has 2 rings (SSSR count). The molecule has 1 atom stereocenters. The largest absolute Gasteiger partial charge is 0.361 e. The number of piperidine rings is 1. The highest BCUT2D eigenvalue weighted by atomic mass is 35.5. The molecule has 2 nitrogen and oxygen atoms in total. The number of benzene rings is 1. The second-order valence-electron chi connectivity index (χ2n) is 5.19. The molecule has 0 spiro atoms. The minimum absolute atomic E-state index is 0. The van der Waals surface area contributed by atoms with Gasteiger partial charge >= 0.3 is 0 Å². The molecule has 20 heavy (non-hydrogen) atoms. The Bertz CT molecular complexity index is 422. The van der Waals surface area contributed by atoms with E-state index in [1.165, 1.54) is 32.4 Å². The van der Waals surface area contributed by atoms with Gasteiger partial charge in [-0.2, -0.15) is 0 Å². The fraction of sp³-hybridized carbons (Fsp3) is 0.529. The number of terminal acetylenes is 1. The molecule has 1 heterocycles. The lowest BCUT2D eigenvalue weighted by Crippen LogP contribution is -2.36. The Morgan fingerprint density at radius 1 is 1.20 bits per heavy atom. The fourth-order valence-electron chi connectivity index (χ4n) is 2.78. The van der Waals surface area contributed by atoms with Gasteiger partial charge in [-0.15, -0.1) is 18.8 Å². The van der Waals surface area contributed by atoms with Crippen LogP contribution >= 0.6 is 12.4 Å². The third kappa shape index (κ3) is 3.99. The third-order valence-electron chi connectivity index (χ3n) is 4.05. The first kappa shape index (κ1) is 17.0. The molecule has 3 heteroatoms. The second kappa shape index (κ2) is 8.32. The van der Waals surface area contributed by atoms with Crippen LogP contribution in [0.3, 0.4) is 0 Å². The summed E-state index contributed by atoms with van der Waals surface area (Å²) in [7, 11) is 1.71. The van der Waals surface area contributed by atoms with Crippen LogP contribution in [0, 0.1) is 12.3 Å². The number of methoxy groups -OCH3 is 1. The lowest BCUT2D eigenvalue weighted by Gasteiger charge is -2.32. The van der Waals surface area contributed by atoms with Crippen LogP contribution in [-0.2, 0) is 10.3 Å². The van der Waals surface area contributed by atoms with E-state index < -0.39 is 5.60 Å². The zero-order valence-electron chi connectivity index (χ0n) is 12.2. The highest BCUT2D eigenvalue weighted by Gasteiger charge is 2.30. The van der Waals surface area contributed by atoms with Gasteiger partial charge in [0.1, 0.15) is 0 Å². The zero-order chi connectivity index (χ0) is 13.6. The smallest absolute Gasteiger partial charge is 0.154 e. The van der Waals surface area contributed by atoms with E-state index in [1.807, 2.05) is 18.2 Å². The van der Waals surface area contributed by atoms with Gasteiger partial charge in [-0.3, -0.25) is 0 Å². The van der Waals surface area contributed by atoms with Crippen molar-refractivity contribution in [2.24, 2.45) is 0 Å². The molecule has 0 bridgehead atoms. The number of nitrogens with zero attached hydrogens (tertiary/aromatic N) is 1. The maximum absolute atomic E-state index is 5.77. The predicted octanol–water partition coefficient (Wildman–Crippen LogP) is 3.46. The fourth-order valence-corrected chi connectivity index (χ4v) is 2.78. The number of hydrogen-bond donors (Lipinski definition) is 0. The molecule has 1 aliphatic heterocycles. The summed E-state index contributed by atoms with van der Waals surface area (Å²) in [6.45, 7) is 3.39. The Morgan fingerprint density at radius 3 is 2.40 bits per heavy atom. The summed E-state index contributed by atoms with van der Waals surface area (Å²) in [4.78, 5) is 2.50. The highest BCUT2D eigenvalue weighted by molar-refractivity contribution is 5.85. The van der Waals surface area contributed by atoms with Gasteiger partial charge < -0.3 is 9.64 Å². The van der Waals surface area contributed by atoms with E-state index in [-0.39, 0.29) is 12.4 Å². The number of ether oxygens (including phenoxy) is 1. The van der Waals surface area contributed by atoms with E-state index in [4.69, 9.17) is 11.2 Å². The molecular weight excluding hydrogens is 270 g/mol. The molecule has 0 amide bonds. The summed E-state index contributed by atoms with van der Waals surface area (Å²) in [5.74, 6) is 2.87. The van der Waals surface area contributed by atoms with E-state index in [1.54, 1.807) is 7.11 Å². The van der Waals surface area contributed by atoms with Crippen LogP contribution in [-0.4, -0.2) is 31.6 Å². The average molecular weight is 294 g/mol. The zero-order valence-corrected chi connectivity index (χ0v) is 13.0. The third-order valence-corrected chi connectivity index (χ3v) is 4.05. The quantitative estimate of drug-likeness (QED) is 0.771. The van der Waals surface area contributed by atoms with Crippen LogP contribution in [0.5, 0.6) is 0 Å². The Labute approximate surface area is 128 Å². The molecule has 110 valence electrons. The Kier molecular flexibility index (Phi) is 7.09. The first-order valence-electron chi connectivity index (χ1n) is 7.11. The van der Waals surface area contributed by atoms with Gasteiger partial charge in [-0.05, 0) is 31.5 Å². The van der Waals surface area contributed by atoms with Gasteiger partial charge in [-0.1, -0.05) is 42.7 Å². The van der Waals surface area contributed by atoms with Crippen LogP contribution in [0.15, 0.2) is 30.3 Å². The number of rotatable bonds is 5. The van der Waals surface area contributed by atoms with Gasteiger partial charge in [0.15, 0.2) is 5.60 Å². The minimum Gasteiger partial charge on any atom is -0.361 e. The van der Waals surface area contributed by atoms with Crippen LogP contribution in [0.1, 0.15) is 31.2 Å². The summed E-state index contributed by atoms with van der Waals surface area (Å²) < 4.78 is 5.70. The maximum atomic E-state index is 5.77. The van der Waals surface area contributed by atoms with Crippen molar-refractivity contribution in [2.45, 2.75) is 31.3 Å². The molecule has 0 N–H and O–H groups in total. The van der Waals surface area contributed by atoms with Gasteiger partial charge in [0.2, 0.25) is 0 Å². The molecule has 1 aliphatic rings. The van der Waals surface area contributed by atoms with Gasteiger partial charge in [0.25, 0.3) is 0 Å². The molecule has 0 aliphatic carbocycles. The summed E-state index contributed by atoms with van der Waals surface area (Å²) in [6.07, 6.45) is 10.6. The van der Waals surface area contributed by atoms with E-state index in [0.717, 1.165) is 18.5 Å². The average Bonchev–Trinajstić information content (AvgIpc) is 2.51. The SMILES string of the molecule is C#C[C@@](CCN1CCCCC1)(OC)c1ccccc1.Cl. The Hall–Kier alpha value is -1.01.